The van der Waals surface area contributed by atoms with Crippen LogP contribution in [0.5, 0.6) is 5.75 Å². The molecule has 142 valence electrons. The molecule has 0 atom stereocenters. The van der Waals surface area contributed by atoms with Gasteiger partial charge in [-0.2, -0.15) is 5.10 Å². The SMILES string of the molecule is Cn1c(NC(=O)c2ccn(COc3ccc(F)c(Cl)c3)n2)nc2ccccc21. The second kappa shape index (κ2) is 7.32. The molecule has 0 aliphatic rings. The molecular formula is C19H15ClFN5O2. The molecule has 0 saturated carbocycles. The third-order valence-electron chi connectivity index (χ3n) is 4.14. The number of amides is 1. The molecule has 4 aromatic rings. The number of aromatic nitrogens is 4. The van der Waals surface area contributed by atoms with Gasteiger partial charge in [-0.3, -0.25) is 10.1 Å². The van der Waals surface area contributed by atoms with Crippen LogP contribution in [0.1, 0.15) is 10.5 Å². The predicted octanol–water partition coefficient (Wildman–Crippen LogP) is 3.85. The first-order chi connectivity index (χ1) is 13.5. The maximum absolute atomic E-state index is 13.2. The number of carbonyl (C=O) groups is 1. The average Bonchev–Trinajstić information content (AvgIpc) is 3.28. The highest BCUT2D eigenvalue weighted by molar-refractivity contribution is 6.30. The van der Waals surface area contributed by atoms with Crippen LogP contribution in [-0.4, -0.2) is 25.2 Å². The van der Waals surface area contributed by atoms with Gasteiger partial charge in [0.15, 0.2) is 12.4 Å². The summed E-state index contributed by atoms with van der Waals surface area (Å²) in [6.07, 6.45) is 1.61. The number of imidazole rings is 1. The fraction of sp³-hybridized carbons (Fsp3) is 0.105. The minimum Gasteiger partial charge on any atom is -0.471 e. The molecule has 28 heavy (non-hydrogen) atoms. The molecule has 7 nitrogen and oxygen atoms in total. The van der Waals surface area contributed by atoms with Gasteiger partial charge in [-0.15, -0.1) is 0 Å². The molecule has 0 unspecified atom stereocenters. The lowest BCUT2D eigenvalue weighted by atomic mass is 10.3. The van der Waals surface area contributed by atoms with E-state index in [-0.39, 0.29) is 23.4 Å². The summed E-state index contributed by atoms with van der Waals surface area (Å²) in [5.41, 5.74) is 1.92. The lowest BCUT2D eigenvalue weighted by Crippen LogP contribution is -2.16. The van der Waals surface area contributed by atoms with Crippen LogP contribution in [0.2, 0.25) is 5.02 Å². The molecule has 0 aliphatic heterocycles. The Morgan fingerprint density at radius 2 is 2.07 bits per heavy atom. The number of hydrogen-bond acceptors (Lipinski definition) is 4. The van der Waals surface area contributed by atoms with Crippen LogP contribution in [0.4, 0.5) is 10.3 Å². The number of aryl methyl sites for hydroxylation is 1. The molecule has 1 amide bonds. The standard InChI is InChI=1S/C19H15ClFN5O2/c1-25-17-5-3-2-4-15(17)22-19(25)23-18(27)16-8-9-26(24-16)11-28-12-6-7-14(21)13(20)10-12/h2-10H,11H2,1H3,(H,22,23,27). The molecule has 2 heterocycles. The maximum Gasteiger partial charge on any atom is 0.278 e. The molecule has 2 aromatic carbocycles. The van der Waals surface area contributed by atoms with Gasteiger partial charge in [0.05, 0.1) is 16.1 Å². The van der Waals surface area contributed by atoms with E-state index in [1.807, 2.05) is 31.3 Å². The molecule has 1 N–H and O–H groups in total. The summed E-state index contributed by atoms with van der Waals surface area (Å²) in [6, 6.07) is 13.2. The molecule has 0 saturated heterocycles. The number of fused-ring (bicyclic) bond motifs is 1. The number of carbonyl (C=O) groups excluding carboxylic acids is 1. The van der Waals surface area contributed by atoms with Gasteiger partial charge in [0.25, 0.3) is 5.91 Å². The summed E-state index contributed by atoms with van der Waals surface area (Å²) in [5, 5.41) is 6.91. The third kappa shape index (κ3) is 3.54. The summed E-state index contributed by atoms with van der Waals surface area (Å²) >= 11 is 5.72. The Morgan fingerprint density at radius 1 is 1.25 bits per heavy atom. The van der Waals surface area contributed by atoms with Gasteiger partial charge >= 0.3 is 0 Å². The quantitative estimate of drug-likeness (QED) is 0.553. The number of benzene rings is 2. The van der Waals surface area contributed by atoms with Crippen LogP contribution >= 0.6 is 11.6 Å². The van der Waals surface area contributed by atoms with Crippen molar-refractivity contribution in [2.24, 2.45) is 7.05 Å². The van der Waals surface area contributed by atoms with Gasteiger partial charge in [0.1, 0.15) is 11.6 Å². The number of halogens is 2. The number of nitrogens with zero attached hydrogens (tertiary/aromatic N) is 4. The van der Waals surface area contributed by atoms with Crippen LogP contribution in [0.25, 0.3) is 11.0 Å². The lowest BCUT2D eigenvalue weighted by Gasteiger charge is -2.07. The van der Waals surface area contributed by atoms with Gasteiger partial charge in [0, 0.05) is 19.3 Å². The van der Waals surface area contributed by atoms with Crippen LogP contribution < -0.4 is 10.1 Å². The maximum atomic E-state index is 13.2. The van der Waals surface area contributed by atoms with E-state index in [1.54, 1.807) is 16.8 Å². The zero-order chi connectivity index (χ0) is 19.7. The Kier molecular flexibility index (Phi) is 4.70. The van der Waals surface area contributed by atoms with Gasteiger partial charge in [-0.25, -0.2) is 14.1 Å². The lowest BCUT2D eigenvalue weighted by molar-refractivity contribution is 0.101. The van der Waals surface area contributed by atoms with Crippen molar-refractivity contribution in [3.8, 4) is 5.75 Å². The number of nitrogens with one attached hydrogen (secondary N) is 1. The number of anilines is 1. The normalized spacial score (nSPS) is 11.0. The summed E-state index contributed by atoms with van der Waals surface area (Å²) in [4.78, 5) is 16.9. The van der Waals surface area contributed by atoms with Crippen molar-refractivity contribution in [3.05, 3.63) is 71.3 Å². The van der Waals surface area contributed by atoms with E-state index in [0.717, 1.165) is 11.0 Å². The van der Waals surface area contributed by atoms with Gasteiger partial charge < -0.3 is 9.30 Å². The molecule has 0 fully saturated rings. The number of rotatable bonds is 5. The molecule has 2 aromatic heterocycles. The summed E-state index contributed by atoms with van der Waals surface area (Å²) in [6.45, 7) is 0.0432. The molecule has 4 rings (SSSR count). The summed E-state index contributed by atoms with van der Waals surface area (Å²) in [7, 11) is 1.82. The van der Waals surface area contributed by atoms with Crippen LogP contribution in [-0.2, 0) is 13.8 Å². The number of para-hydroxylation sites is 2. The topological polar surface area (TPSA) is 74.0 Å². The van der Waals surface area contributed by atoms with Crippen molar-refractivity contribution < 1.29 is 13.9 Å². The third-order valence-corrected chi connectivity index (χ3v) is 4.43. The zero-order valence-electron chi connectivity index (χ0n) is 14.8. The van der Waals surface area contributed by atoms with Crippen molar-refractivity contribution in [1.29, 1.82) is 0 Å². The smallest absolute Gasteiger partial charge is 0.278 e. The molecule has 0 spiro atoms. The van der Waals surface area contributed by atoms with E-state index < -0.39 is 5.82 Å². The number of ether oxygens (including phenoxy) is 1. The largest absolute Gasteiger partial charge is 0.471 e. The zero-order valence-corrected chi connectivity index (χ0v) is 15.5. The second-order valence-electron chi connectivity index (χ2n) is 6.03. The Morgan fingerprint density at radius 3 is 2.86 bits per heavy atom. The van der Waals surface area contributed by atoms with E-state index in [0.29, 0.717) is 11.7 Å². The monoisotopic (exact) mass is 399 g/mol. The van der Waals surface area contributed by atoms with Crippen molar-refractivity contribution in [2.75, 3.05) is 5.32 Å². The Labute approximate surface area is 164 Å². The van der Waals surface area contributed by atoms with Gasteiger partial charge in [0.2, 0.25) is 5.95 Å². The van der Waals surface area contributed by atoms with Crippen LogP contribution in [0.3, 0.4) is 0 Å². The minimum absolute atomic E-state index is 0.0273. The van der Waals surface area contributed by atoms with E-state index >= 15 is 0 Å². The van der Waals surface area contributed by atoms with Crippen LogP contribution in [0.15, 0.2) is 54.7 Å². The highest BCUT2D eigenvalue weighted by atomic mass is 35.5. The second-order valence-corrected chi connectivity index (χ2v) is 6.43. The summed E-state index contributed by atoms with van der Waals surface area (Å²) in [5.74, 6) is -0.0819. The molecule has 0 aliphatic carbocycles. The molecule has 0 bridgehead atoms. The molecule has 0 radical (unpaired) electrons. The van der Waals surface area contributed by atoms with E-state index in [2.05, 4.69) is 15.4 Å². The highest BCUT2D eigenvalue weighted by Crippen LogP contribution is 2.21. The van der Waals surface area contributed by atoms with Crippen molar-refractivity contribution in [1.82, 2.24) is 19.3 Å². The van der Waals surface area contributed by atoms with Crippen molar-refractivity contribution in [2.45, 2.75) is 6.73 Å². The first kappa shape index (κ1) is 18.0. The molecular weight excluding hydrogens is 385 g/mol. The average molecular weight is 400 g/mol. The highest BCUT2D eigenvalue weighted by Gasteiger charge is 2.14. The van der Waals surface area contributed by atoms with Crippen LogP contribution in [0, 0.1) is 5.82 Å². The summed E-state index contributed by atoms with van der Waals surface area (Å²) < 4.78 is 21.9. The van der Waals surface area contributed by atoms with Gasteiger partial charge in [-0.1, -0.05) is 23.7 Å². The first-order valence-corrected chi connectivity index (χ1v) is 8.73. The van der Waals surface area contributed by atoms with E-state index in [1.165, 1.54) is 22.9 Å². The Hall–Kier alpha value is -3.39. The fourth-order valence-corrected chi connectivity index (χ4v) is 2.86. The predicted molar refractivity (Wildman–Crippen MR) is 103 cm³/mol. The van der Waals surface area contributed by atoms with E-state index in [4.69, 9.17) is 16.3 Å². The van der Waals surface area contributed by atoms with Gasteiger partial charge in [-0.05, 0) is 30.3 Å². The molecule has 9 heteroatoms. The van der Waals surface area contributed by atoms with Crippen molar-refractivity contribution in [3.63, 3.8) is 0 Å². The minimum atomic E-state index is -0.519. The first-order valence-electron chi connectivity index (χ1n) is 8.35. The van der Waals surface area contributed by atoms with E-state index in [9.17, 15) is 9.18 Å². The number of hydrogen-bond donors (Lipinski definition) is 1. The Bertz CT molecular complexity index is 1170. The fourth-order valence-electron chi connectivity index (χ4n) is 2.68. The van der Waals surface area contributed by atoms with Crippen molar-refractivity contribution >= 4 is 34.5 Å². The Balaban J connectivity index is 1.43.